The van der Waals surface area contributed by atoms with Crippen LogP contribution in [0.4, 0.5) is 0 Å². The molecular formula is C15H16N4O2S. The van der Waals surface area contributed by atoms with Crippen molar-refractivity contribution in [1.29, 1.82) is 0 Å². The van der Waals surface area contributed by atoms with Gasteiger partial charge in [-0.05, 0) is 24.6 Å². The first-order valence-electron chi connectivity index (χ1n) is 6.73. The molecule has 3 aromatic rings. The molecule has 0 unspecified atom stereocenters. The molecule has 22 heavy (non-hydrogen) atoms. The van der Waals surface area contributed by atoms with Crippen molar-refractivity contribution in [2.75, 3.05) is 7.11 Å². The normalized spacial score (nSPS) is 12.1. The first kappa shape index (κ1) is 14.5. The van der Waals surface area contributed by atoms with Crippen LogP contribution < -0.4 is 9.54 Å². The lowest BCUT2D eigenvalue weighted by Gasteiger charge is -2.05. The van der Waals surface area contributed by atoms with Gasteiger partial charge in [0, 0.05) is 20.3 Å². The average molecular weight is 316 g/mol. The van der Waals surface area contributed by atoms with Crippen molar-refractivity contribution >= 4 is 27.5 Å². The van der Waals surface area contributed by atoms with E-state index in [0.717, 1.165) is 21.5 Å². The van der Waals surface area contributed by atoms with E-state index in [9.17, 15) is 4.79 Å². The van der Waals surface area contributed by atoms with E-state index in [0.29, 0.717) is 10.5 Å². The van der Waals surface area contributed by atoms with Gasteiger partial charge in [0.05, 0.1) is 11.8 Å². The highest BCUT2D eigenvalue weighted by Crippen LogP contribution is 2.29. The highest BCUT2D eigenvalue weighted by atomic mass is 32.1. The van der Waals surface area contributed by atoms with Crippen molar-refractivity contribution in [2.24, 2.45) is 19.1 Å². The van der Waals surface area contributed by atoms with Crippen molar-refractivity contribution in [2.45, 2.75) is 6.92 Å². The first-order valence-corrected chi connectivity index (χ1v) is 7.54. The van der Waals surface area contributed by atoms with Gasteiger partial charge in [-0.25, -0.2) is 0 Å². The molecule has 6 nitrogen and oxygen atoms in total. The minimum absolute atomic E-state index is 0.337. The summed E-state index contributed by atoms with van der Waals surface area (Å²) in [6.07, 6.45) is 1.72. The van der Waals surface area contributed by atoms with E-state index in [4.69, 9.17) is 4.74 Å². The smallest absolute Gasteiger partial charge is 0.300 e. The molecule has 1 amide bonds. The van der Waals surface area contributed by atoms with E-state index >= 15 is 0 Å². The number of methoxy groups -OCH3 is 1. The summed E-state index contributed by atoms with van der Waals surface area (Å²) >= 11 is 1.47. The number of fused-ring (bicyclic) bond motifs is 1. The Morgan fingerprint density at radius 3 is 2.73 bits per heavy atom. The SMILES string of the molecule is COc1ccc(C)c2sc(=NC(=O)c3ccn(C)n3)n(C)c12. The summed E-state index contributed by atoms with van der Waals surface area (Å²) in [4.78, 5) is 17.0. The fourth-order valence-corrected chi connectivity index (χ4v) is 3.39. The van der Waals surface area contributed by atoms with E-state index in [1.807, 2.05) is 30.7 Å². The summed E-state index contributed by atoms with van der Waals surface area (Å²) in [5, 5.41) is 4.09. The molecule has 0 aliphatic rings. The number of carbonyl (C=O) groups is 1. The van der Waals surface area contributed by atoms with E-state index < -0.39 is 0 Å². The van der Waals surface area contributed by atoms with Gasteiger partial charge >= 0.3 is 0 Å². The van der Waals surface area contributed by atoms with Crippen LogP contribution in [0.25, 0.3) is 10.2 Å². The number of hydrogen-bond acceptors (Lipinski definition) is 4. The second kappa shape index (κ2) is 5.42. The standard InChI is InChI=1S/C15H16N4O2S/c1-9-5-6-11(21-4)12-13(9)22-15(19(12)3)16-14(20)10-7-8-18(2)17-10/h5-8H,1-4H3. The Bertz CT molecular complexity index is 933. The maximum Gasteiger partial charge on any atom is 0.300 e. The maximum absolute atomic E-state index is 12.2. The lowest BCUT2D eigenvalue weighted by atomic mass is 10.2. The number of nitrogens with zero attached hydrogens (tertiary/aromatic N) is 4. The Balaban J connectivity index is 2.19. The maximum atomic E-state index is 12.2. The number of benzene rings is 1. The summed E-state index contributed by atoms with van der Waals surface area (Å²) < 4.78 is 9.94. The van der Waals surface area contributed by atoms with Crippen LogP contribution in [0.3, 0.4) is 0 Å². The Morgan fingerprint density at radius 1 is 1.32 bits per heavy atom. The second-order valence-electron chi connectivity index (χ2n) is 5.00. The lowest BCUT2D eigenvalue weighted by Crippen LogP contribution is -2.14. The van der Waals surface area contributed by atoms with Crippen LogP contribution in [0.15, 0.2) is 29.4 Å². The molecule has 0 saturated heterocycles. The predicted molar refractivity (Wildman–Crippen MR) is 85.2 cm³/mol. The number of carbonyl (C=O) groups excluding carboxylic acids is 1. The number of ether oxygens (including phenoxy) is 1. The molecule has 0 fully saturated rings. The average Bonchev–Trinajstić information content (AvgIpc) is 3.06. The Labute approximate surface area is 131 Å². The zero-order valence-corrected chi connectivity index (χ0v) is 13.6. The highest BCUT2D eigenvalue weighted by molar-refractivity contribution is 7.16. The summed E-state index contributed by atoms with van der Waals surface area (Å²) in [6, 6.07) is 5.59. The first-order chi connectivity index (χ1) is 10.5. The minimum atomic E-state index is -0.348. The summed E-state index contributed by atoms with van der Waals surface area (Å²) in [6.45, 7) is 2.03. The number of rotatable bonds is 2. The number of aryl methyl sites for hydroxylation is 3. The second-order valence-corrected chi connectivity index (χ2v) is 5.98. The monoisotopic (exact) mass is 316 g/mol. The molecule has 114 valence electrons. The van der Waals surface area contributed by atoms with E-state index in [1.165, 1.54) is 11.3 Å². The summed E-state index contributed by atoms with van der Waals surface area (Å²) in [5.41, 5.74) is 2.41. The fraction of sp³-hybridized carbons (Fsp3) is 0.267. The van der Waals surface area contributed by atoms with Crippen molar-refractivity contribution in [1.82, 2.24) is 14.3 Å². The molecule has 0 aliphatic heterocycles. The van der Waals surface area contributed by atoms with Gasteiger partial charge in [0.1, 0.15) is 11.3 Å². The van der Waals surface area contributed by atoms with Gasteiger partial charge in [0.25, 0.3) is 5.91 Å². The minimum Gasteiger partial charge on any atom is -0.495 e. The third-order valence-electron chi connectivity index (χ3n) is 3.46. The molecule has 1 aromatic carbocycles. The topological polar surface area (TPSA) is 61.4 Å². The van der Waals surface area contributed by atoms with Crippen LogP contribution in [-0.2, 0) is 14.1 Å². The molecule has 0 aliphatic carbocycles. The molecular weight excluding hydrogens is 300 g/mol. The van der Waals surface area contributed by atoms with E-state index in [-0.39, 0.29) is 5.91 Å². The number of thiazole rings is 1. The van der Waals surface area contributed by atoms with Crippen molar-refractivity contribution in [3.8, 4) is 5.75 Å². The van der Waals surface area contributed by atoms with Crippen LogP contribution >= 0.6 is 11.3 Å². The van der Waals surface area contributed by atoms with Gasteiger partial charge in [-0.1, -0.05) is 17.4 Å². The molecule has 0 saturated carbocycles. The van der Waals surface area contributed by atoms with Crippen molar-refractivity contribution in [3.05, 3.63) is 40.5 Å². The molecule has 0 atom stereocenters. The molecule has 0 N–H and O–H groups in total. The lowest BCUT2D eigenvalue weighted by molar-refractivity contribution is 0.0992. The van der Waals surface area contributed by atoms with Gasteiger partial charge in [0.2, 0.25) is 0 Å². The molecule has 0 radical (unpaired) electrons. The summed E-state index contributed by atoms with van der Waals surface area (Å²) in [7, 11) is 5.29. The molecule has 2 heterocycles. The van der Waals surface area contributed by atoms with Crippen LogP contribution in [-0.4, -0.2) is 27.4 Å². The fourth-order valence-electron chi connectivity index (χ4n) is 2.29. The van der Waals surface area contributed by atoms with Crippen LogP contribution in [0, 0.1) is 6.92 Å². The quantitative estimate of drug-likeness (QED) is 0.727. The predicted octanol–water partition coefficient (Wildman–Crippen LogP) is 2.03. The Hall–Kier alpha value is -2.41. The Morgan fingerprint density at radius 2 is 2.09 bits per heavy atom. The molecule has 3 rings (SSSR count). The number of amides is 1. The van der Waals surface area contributed by atoms with Gasteiger partial charge in [0.15, 0.2) is 10.5 Å². The molecule has 0 bridgehead atoms. The van der Waals surface area contributed by atoms with Gasteiger partial charge in [-0.3, -0.25) is 9.48 Å². The van der Waals surface area contributed by atoms with Crippen LogP contribution in [0.1, 0.15) is 16.1 Å². The highest BCUT2D eigenvalue weighted by Gasteiger charge is 2.13. The third kappa shape index (κ3) is 2.33. The van der Waals surface area contributed by atoms with Crippen LogP contribution in [0.5, 0.6) is 5.75 Å². The largest absolute Gasteiger partial charge is 0.495 e. The zero-order valence-electron chi connectivity index (χ0n) is 12.8. The van der Waals surface area contributed by atoms with Crippen LogP contribution in [0.2, 0.25) is 0 Å². The third-order valence-corrected chi connectivity index (χ3v) is 4.72. The van der Waals surface area contributed by atoms with Gasteiger partial charge in [-0.2, -0.15) is 10.1 Å². The van der Waals surface area contributed by atoms with Gasteiger partial charge in [-0.15, -0.1) is 0 Å². The number of hydrogen-bond donors (Lipinski definition) is 0. The molecule has 0 spiro atoms. The number of aromatic nitrogens is 3. The van der Waals surface area contributed by atoms with Gasteiger partial charge < -0.3 is 9.30 Å². The van der Waals surface area contributed by atoms with Crippen molar-refractivity contribution < 1.29 is 9.53 Å². The zero-order chi connectivity index (χ0) is 15.9. The summed E-state index contributed by atoms with van der Waals surface area (Å²) in [5.74, 6) is 0.422. The van der Waals surface area contributed by atoms with E-state index in [2.05, 4.69) is 10.1 Å². The molecule has 7 heteroatoms. The Kier molecular flexibility index (Phi) is 3.58. The molecule has 2 aromatic heterocycles. The van der Waals surface area contributed by atoms with Crippen molar-refractivity contribution in [3.63, 3.8) is 0 Å². The van der Waals surface area contributed by atoms with E-state index in [1.54, 1.807) is 31.1 Å².